The Morgan fingerprint density at radius 1 is 1.29 bits per heavy atom. The van der Waals surface area contributed by atoms with Crippen LogP contribution in [0.25, 0.3) is 0 Å². The van der Waals surface area contributed by atoms with Crippen molar-refractivity contribution >= 4 is 5.91 Å². The fourth-order valence-electron chi connectivity index (χ4n) is 1.32. The van der Waals surface area contributed by atoms with Gasteiger partial charge in [0, 0.05) is 14.2 Å². The molecule has 1 rings (SSSR count). The molecule has 5 nitrogen and oxygen atoms in total. The third-order valence-electron chi connectivity index (χ3n) is 2.29. The zero-order valence-electron chi connectivity index (χ0n) is 9.97. The van der Waals surface area contributed by atoms with Gasteiger partial charge >= 0.3 is 0 Å². The van der Waals surface area contributed by atoms with Crippen LogP contribution >= 0.6 is 0 Å². The summed E-state index contributed by atoms with van der Waals surface area (Å²) in [6, 6.07) is 6.52. The third kappa shape index (κ3) is 4.84. The molecular formula is C12H17NO4. The minimum Gasteiger partial charge on any atom is -0.508 e. The number of carbonyl (C=O) groups excluding carboxylic acids is 1. The number of phenolic OH excluding ortho intramolecular Hbond substituents is 1. The lowest BCUT2D eigenvalue weighted by molar-refractivity contribution is -0.126. The smallest absolute Gasteiger partial charge is 0.224 e. The molecule has 17 heavy (non-hydrogen) atoms. The molecule has 94 valence electrons. The maximum absolute atomic E-state index is 11.5. The summed E-state index contributed by atoms with van der Waals surface area (Å²) in [6.07, 6.45) is -0.167. The Morgan fingerprint density at radius 3 is 2.41 bits per heavy atom. The first-order chi connectivity index (χ1) is 8.15. The lowest BCUT2D eigenvalue weighted by atomic mass is 10.1. The van der Waals surface area contributed by atoms with Crippen LogP contribution in [0.4, 0.5) is 0 Å². The molecule has 2 N–H and O–H groups in total. The van der Waals surface area contributed by atoms with Crippen LogP contribution in [-0.4, -0.2) is 38.1 Å². The maximum Gasteiger partial charge on any atom is 0.224 e. The molecule has 0 aliphatic carbocycles. The molecule has 0 spiro atoms. The van der Waals surface area contributed by atoms with Gasteiger partial charge in [0.15, 0.2) is 6.29 Å². The van der Waals surface area contributed by atoms with Crippen LogP contribution in [0.5, 0.6) is 5.75 Å². The SMILES string of the molecule is COC(CNC(=O)Cc1ccc(O)cc1)OC. The molecular weight excluding hydrogens is 222 g/mol. The summed E-state index contributed by atoms with van der Waals surface area (Å²) in [6.45, 7) is 0.309. The Kier molecular flexibility index (Phi) is 5.45. The van der Waals surface area contributed by atoms with E-state index in [2.05, 4.69) is 5.32 Å². The second-order valence-electron chi connectivity index (χ2n) is 3.55. The lowest BCUT2D eigenvalue weighted by Crippen LogP contribution is -2.34. The predicted molar refractivity (Wildman–Crippen MR) is 62.6 cm³/mol. The van der Waals surface area contributed by atoms with Gasteiger partial charge in [-0.25, -0.2) is 0 Å². The van der Waals surface area contributed by atoms with Gasteiger partial charge in [0.25, 0.3) is 0 Å². The molecule has 1 amide bonds. The predicted octanol–water partition coefficient (Wildman–Crippen LogP) is 0.670. The first kappa shape index (κ1) is 13.5. The Hall–Kier alpha value is -1.59. The molecule has 0 aromatic heterocycles. The zero-order chi connectivity index (χ0) is 12.7. The number of amides is 1. The van der Waals surface area contributed by atoms with Crippen molar-refractivity contribution in [1.29, 1.82) is 0 Å². The van der Waals surface area contributed by atoms with Crippen molar-refractivity contribution in [3.05, 3.63) is 29.8 Å². The first-order valence-electron chi connectivity index (χ1n) is 5.26. The average molecular weight is 239 g/mol. The van der Waals surface area contributed by atoms with Gasteiger partial charge in [-0.15, -0.1) is 0 Å². The van der Waals surface area contributed by atoms with E-state index in [1.54, 1.807) is 24.3 Å². The number of carbonyl (C=O) groups is 1. The quantitative estimate of drug-likeness (QED) is 0.716. The summed E-state index contributed by atoms with van der Waals surface area (Å²) in [5, 5.41) is 11.8. The van der Waals surface area contributed by atoms with Gasteiger partial charge in [-0.3, -0.25) is 4.79 Å². The number of benzene rings is 1. The van der Waals surface area contributed by atoms with Crippen LogP contribution in [0.15, 0.2) is 24.3 Å². The molecule has 0 unspecified atom stereocenters. The van der Waals surface area contributed by atoms with Crippen LogP contribution in [0.1, 0.15) is 5.56 Å². The van der Waals surface area contributed by atoms with Gasteiger partial charge in [0.2, 0.25) is 5.91 Å². The second kappa shape index (κ2) is 6.88. The van der Waals surface area contributed by atoms with E-state index in [1.807, 2.05) is 0 Å². The number of hydrogen-bond acceptors (Lipinski definition) is 4. The molecule has 1 aromatic rings. The Balaban J connectivity index is 2.37. The van der Waals surface area contributed by atoms with Crippen molar-refractivity contribution in [3.63, 3.8) is 0 Å². The Bertz CT molecular complexity index is 346. The van der Waals surface area contributed by atoms with E-state index < -0.39 is 6.29 Å². The van der Waals surface area contributed by atoms with E-state index in [0.717, 1.165) is 5.56 Å². The van der Waals surface area contributed by atoms with Gasteiger partial charge < -0.3 is 19.9 Å². The molecule has 0 bridgehead atoms. The third-order valence-corrected chi connectivity index (χ3v) is 2.29. The maximum atomic E-state index is 11.5. The van der Waals surface area contributed by atoms with Crippen LogP contribution in [0, 0.1) is 0 Å². The molecule has 0 atom stereocenters. The second-order valence-corrected chi connectivity index (χ2v) is 3.55. The standard InChI is InChI=1S/C12H17NO4/c1-16-12(17-2)8-13-11(15)7-9-3-5-10(14)6-4-9/h3-6,12,14H,7-8H2,1-2H3,(H,13,15). The number of rotatable bonds is 6. The highest BCUT2D eigenvalue weighted by atomic mass is 16.7. The minimum absolute atomic E-state index is 0.116. The van der Waals surface area contributed by atoms with Gasteiger partial charge in [-0.05, 0) is 17.7 Å². The monoisotopic (exact) mass is 239 g/mol. The van der Waals surface area contributed by atoms with Gasteiger partial charge in [0.05, 0.1) is 13.0 Å². The van der Waals surface area contributed by atoms with Gasteiger partial charge in [-0.1, -0.05) is 12.1 Å². The molecule has 0 fully saturated rings. The van der Waals surface area contributed by atoms with Gasteiger partial charge in [0.1, 0.15) is 5.75 Å². The Morgan fingerprint density at radius 2 is 1.88 bits per heavy atom. The summed E-state index contributed by atoms with van der Waals surface area (Å²) in [7, 11) is 3.03. The number of aromatic hydroxyl groups is 1. The number of ether oxygens (including phenoxy) is 2. The number of nitrogens with one attached hydrogen (secondary N) is 1. The Labute approximate surface area is 100 Å². The van der Waals surface area contributed by atoms with Crippen LogP contribution in [0.2, 0.25) is 0 Å². The van der Waals surface area contributed by atoms with E-state index in [1.165, 1.54) is 14.2 Å². The molecule has 0 aliphatic rings. The molecule has 5 heteroatoms. The van der Waals surface area contributed by atoms with Crippen molar-refractivity contribution in [2.24, 2.45) is 0 Å². The molecule has 0 saturated carbocycles. The summed E-state index contributed by atoms with van der Waals surface area (Å²) >= 11 is 0. The van der Waals surface area contributed by atoms with E-state index in [4.69, 9.17) is 14.6 Å². The summed E-state index contributed by atoms with van der Waals surface area (Å²) in [4.78, 5) is 11.5. The number of hydrogen-bond donors (Lipinski definition) is 2. The highest BCUT2D eigenvalue weighted by molar-refractivity contribution is 5.78. The van der Waals surface area contributed by atoms with Crippen LogP contribution in [0.3, 0.4) is 0 Å². The molecule has 0 aliphatic heterocycles. The number of phenols is 1. The topological polar surface area (TPSA) is 67.8 Å². The molecule has 1 aromatic carbocycles. The minimum atomic E-state index is -0.432. The highest BCUT2D eigenvalue weighted by Gasteiger charge is 2.08. The van der Waals surface area contributed by atoms with Gasteiger partial charge in [-0.2, -0.15) is 0 Å². The average Bonchev–Trinajstić information content (AvgIpc) is 2.33. The fraction of sp³-hybridized carbons (Fsp3) is 0.417. The summed E-state index contributed by atoms with van der Waals surface area (Å²) in [5.74, 6) is 0.0720. The van der Waals surface area contributed by atoms with Crippen molar-refractivity contribution < 1.29 is 19.4 Å². The van der Waals surface area contributed by atoms with Crippen molar-refractivity contribution in [2.75, 3.05) is 20.8 Å². The van der Waals surface area contributed by atoms with Crippen molar-refractivity contribution in [1.82, 2.24) is 5.32 Å². The van der Waals surface area contributed by atoms with Crippen LogP contribution in [-0.2, 0) is 20.7 Å². The summed E-state index contributed by atoms with van der Waals surface area (Å²) < 4.78 is 9.89. The van der Waals surface area contributed by atoms with E-state index >= 15 is 0 Å². The highest BCUT2D eigenvalue weighted by Crippen LogP contribution is 2.09. The van der Waals surface area contributed by atoms with Crippen LogP contribution < -0.4 is 5.32 Å². The largest absolute Gasteiger partial charge is 0.508 e. The molecule has 0 radical (unpaired) electrons. The normalized spacial score (nSPS) is 10.5. The zero-order valence-corrected chi connectivity index (χ0v) is 9.97. The van der Waals surface area contributed by atoms with Crippen molar-refractivity contribution in [2.45, 2.75) is 12.7 Å². The molecule has 0 saturated heterocycles. The lowest BCUT2D eigenvalue weighted by Gasteiger charge is -2.13. The van der Waals surface area contributed by atoms with E-state index in [-0.39, 0.29) is 18.1 Å². The summed E-state index contributed by atoms with van der Waals surface area (Å²) in [5.41, 5.74) is 0.840. The van der Waals surface area contributed by atoms with E-state index in [0.29, 0.717) is 6.54 Å². The van der Waals surface area contributed by atoms with Crippen molar-refractivity contribution in [3.8, 4) is 5.75 Å². The molecule has 0 heterocycles. The van der Waals surface area contributed by atoms with E-state index in [9.17, 15) is 4.79 Å². The fourth-order valence-corrected chi connectivity index (χ4v) is 1.32. The number of methoxy groups -OCH3 is 2. The first-order valence-corrected chi connectivity index (χ1v) is 5.26.